The van der Waals surface area contributed by atoms with Gasteiger partial charge in [-0.05, 0) is 24.3 Å². The topological polar surface area (TPSA) is 134 Å². The van der Waals surface area contributed by atoms with E-state index < -0.39 is 49.6 Å². The Morgan fingerprint density at radius 2 is 0.964 bits per heavy atom. The standard InChI is InChI=1S/C20H22O8/c21-15(11-27-19(25)13-7-3-1-4-8-13)17(23)18(24)16(22)12-28-20(26)14-9-5-2-6-10-14/h1-10,15-18,21-24H,11-12H2/t15-,16+,17-,18-/m0/s1. The van der Waals surface area contributed by atoms with Gasteiger partial charge in [-0.25, -0.2) is 9.59 Å². The lowest BCUT2D eigenvalue weighted by molar-refractivity contribution is -0.125. The molecule has 0 amide bonds. The third kappa shape index (κ3) is 6.14. The van der Waals surface area contributed by atoms with Gasteiger partial charge in [-0.3, -0.25) is 0 Å². The average Bonchev–Trinajstić information content (AvgIpc) is 2.75. The Labute approximate surface area is 161 Å². The van der Waals surface area contributed by atoms with Gasteiger partial charge in [0.05, 0.1) is 11.1 Å². The SMILES string of the molecule is O=C(OC[C@@H](O)[C@H](O)[C@@H](O)[C@@H](O)COC(=O)c1ccccc1)c1ccccc1. The quantitative estimate of drug-likeness (QED) is 0.445. The summed E-state index contributed by atoms with van der Waals surface area (Å²) in [7, 11) is 0. The first-order chi connectivity index (χ1) is 13.4. The molecule has 0 aliphatic rings. The third-order valence-electron chi connectivity index (χ3n) is 3.93. The van der Waals surface area contributed by atoms with Crippen LogP contribution in [-0.2, 0) is 9.47 Å². The number of ether oxygens (including phenoxy) is 2. The molecule has 0 heterocycles. The number of hydrogen-bond acceptors (Lipinski definition) is 8. The van der Waals surface area contributed by atoms with E-state index in [4.69, 9.17) is 9.47 Å². The minimum atomic E-state index is -1.82. The van der Waals surface area contributed by atoms with E-state index in [1.165, 1.54) is 24.3 Å². The van der Waals surface area contributed by atoms with Crippen molar-refractivity contribution in [3.8, 4) is 0 Å². The Kier molecular flexibility index (Phi) is 8.09. The molecule has 8 nitrogen and oxygen atoms in total. The van der Waals surface area contributed by atoms with Gasteiger partial charge in [0.1, 0.15) is 37.6 Å². The fourth-order valence-electron chi connectivity index (χ4n) is 2.29. The van der Waals surface area contributed by atoms with Crippen molar-refractivity contribution in [1.29, 1.82) is 0 Å². The average molecular weight is 390 g/mol. The summed E-state index contributed by atoms with van der Waals surface area (Å²) < 4.78 is 9.74. The van der Waals surface area contributed by atoms with Crippen LogP contribution in [0.25, 0.3) is 0 Å². The number of rotatable bonds is 9. The summed E-state index contributed by atoms with van der Waals surface area (Å²) in [5.41, 5.74) is 0.523. The Morgan fingerprint density at radius 3 is 1.29 bits per heavy atom. The number of carbonyl (C=O) groups excluding carboxylic acids is 2. The summed E-state index contributed by atoms with van der Waals surface area (Å²) in [6, 6.07) is 16.1. The Bertz CT molecular complexity index is 684. The smallest absolute Gasteiger partial charge is 0.338 e. The van der Waals surface area contributed by atoms with Crippen LogP contribution in [0.4, 0.5) is 0 Å². The van der Waals surface area contributed by atoms with Gasteiger partial charge in [0, 0.05) is 0 Å². The van der Waals surface area contributed by atoms with Crippen LogP contribution in [0.5, 0.6) is 0 Å². The van der Waals surface area contributed by atoms with Crippen molar-refractivity contribution < 1.29 is 39.5 Å². The van der Waals surface area contributed by atoms with Crippen molar-refractivity contribution in [2.45, 2.75) is 24.4 Å². The van der Waals surface area contributed by atoms with E-state index in [0.717, 1.165) is 0 Å². The van der Waals surface area contributed by atoms with Gasteiger partial charge < -0.3 is 29.9 Å². The highest BCUT2D eigenvalue weighted by Gasteiger charge is 2.32. The van der Waals surface area contributed by atoms with Gasteiger partial charge >= 0.3 is 11.9 Å². The summed E-state index contributed by atoms with van der Waals surface area (Å²) >= 11 is 0. The Balaban J connectivity index is 1.79. The van der Waals surface area contributed by atoms with Crippen LogP contribution in [0, 0.1) is 0 Å². The maximum atomic E-state index is 11.8. The summed E-state index contributed by atoms with van der Waals surface area (Å²) in [5, 5.41) is 39.6. The minimum absolute atomic E-state index is 0.262. The number of hydrogen-bond donors (Lipinski definition) is 4. The molecule has 0 radical (unpaired) electrons. The first kappa shape index (κ1) is 21.5. The number of carbonyl (C=O) groups is 2. The molecule has 8 heteroatoms. The molecule has 150 valence electrons. The lowest BCUT2D eigenvalue weighted by Crippen LogP contribution is -2.48. The summed E-state index contributed by atoms with van der Waals surface area (Å²) in [6.45, 7) is -1.19. The second-order valence-corrected chi connectivity index (χ2v) is 6.04. The van der Waals surface area contributed by atoms with Crippen LogP contribution >= 0.6 is 0 Å². The highest BCUT2D eigenvalue weighted by atomic mass is 16.5. The third-order valence-corrected chi connectivity index (χ3v) is 3.93. The molecule has 0 unspecified atom stereocenters. The van der Waals surface area contributed by atoms with E-state index in [2.05, 4.69) is 0 Å². The zero-order valence-electron chi connectivity index (χ0n) is 14.9. The molecule has 0 bridgehead atoms. The van der Waals surface area contributed by atoms with E-state index in [-0.39, 0.29) is 11.1 Å². The zero-order chi connectivity index (χ0) is 20.5. The van der Waals surface area contributed by atoms with Gasteiger partial charge in [-0.1, -0.05) is 36.4 Å². The fourth-order valence-corrected chi connectivity index (χ4v) is 2.29. The van der Waals surface area contributed by atoms with Crippen LogP contribution in [0.1, 0.15) is 20.7 Å². The normalized spacial score (nSPS) is 15.1. The molecular weight excluding hydrogens is 368 g/mol. The number of aliphatic hydroxyl groups excluding tert-OH is 4. The molecule has 0 aliphatic heterocycles. The van der Waals surface area contributed by atoms with Gasteiger partial charge in [0.15, 0.2) is 0 Å². The molecule has 2 aromatic rings. The van der Waals surface area contributed by atoms with Gasteiger partial charge in [0.25, 0.3) is 0 Å². The molecule has 0 aliphatic carbocycles. The Hall–Kier alpha value is -2.78. The summed E-state index contributed by atoms with van der Waals surface area (Å²) in [6.07, 6.45) is -6.95. The predicted molar refractivity (Wildman–Crippen MR) is 97.5 cm³/mol. The minimum Gasteiger partial charge on any atom is -0.459 e. The molecule has 0 aromatic heterocycles. The molecule has 4 N–H and O–H groups in total. The van der Waals surface area contributed by atoms with E-state index in [1.807, 2.05) is 0 Å². The van der Waals surface area contributed by atoms with Crippen LogP contribution in [0.3, 0.4) is 0 Å². The molecule has 0 fully saturated rings. The largest absolute Gasteiger partial charge is 0.459 e. The maximum Gasteiger partial charge on any atom is 0.338 e. The molecule has 2 rings (SSSR count). The number of esters is 2. The van der Waals surface area contributed by atoms with E-state index in [1.54, 1.807) is 36.4 Å². The molecule has 0 saturated heterocycles. The highest BCUT2D eigenvalue weighted by molar-refractivity contribution is 5.89. The van der Waals surface area contributed by atoms with E-state index in [0.29, 0.717) is 0 Å². The van der Waals surface area contributed by atoms with Crippen molar-refractivity contribution in [1.82, 2.24) is 0 Å². The fraction of sp³-hybridized carbons (Fsp3) is 0.300. The molecular formula is C20H22O8. The Morgan fingerprint density at radius 1 is 0.643 bits per heavy atom. The molecule has 28 heavy (non-hydrogen) atoms. The summed E-state index contributed by atoms with van der Waals surface area (Å²) in [4.78, 5) is 23.6. The predicted octanol–water partition coefficient (Wildman–Crippen LogP) is 0.144. The van der Waals surface area contributed by atoms with Crippen molar-refractivity contribution >= 4 is 11.9 Å². The van der Waals surface area contributed by atoms with Crippen molar-refractivity contribution in [2.75, 3.05) is 13.2 Å². The lowest BCUT2D eigenvalue weighted by Gasteiger charge is -2.26. The van der Waals surface area contributed by atoms with Gasteiger partial charge in [-0.15, -0.1) is 0 Å². The molecule has 4 atom stereocenters. The number of aliphatic hydroxyl groups is 4. The van der Waals surface area contributed by atoms with Gasteiger partial charge in [-0.2, -0.15) is 0 Å². The zero-order valence-corrected chi connectivity index (χ0v) is 14.9. The van der Waals surface area contributed by atoms with Gasteiger partial charge in [0.2, 0.25) is 0 Å². The van der Waals surface area contributed by atoms with E-state index >= 15 is 0 Å². The molecule has 0 saturated carbocycles. The first-order valence-electron chi connectivity index (χ1n) is 8.56. The maximum absolute atomic E-state index is 11.8. The van der Waals surface area contributed by atoms with Crippen molar-refractivity contribution in [3.05, 3.63) is 71.8 Å². The van der Waals surface area contributed by atoms with Crippen LogP contribution in [-0.4, -0.2) is 70.0 Å². The van der Waals surface area contributed by atoms with Crippen LogP contribution in [0.2, 0.25) is 0 Å². The van der Waals surface area contributed by atoms with E-state index in [9.17, 15) is 30.0 Å². The highest BCUT2D eigenvalue weighted by Crippen LogP contribution is 2.09. The molecule has 2 aromatic carbocycles. The van der Waals surface area contributed by atoms with Crippen LogP contribution < -0.4 is 0 Å². The van der Waals surface area contributed by atoms with Crippen molar-refractivity contribution in [3.63, 3.8) is 0 Å². The number of benzene rings is 2. The van der Waals surface area contributed by atoms with Crippen LogP contribution in [0.15, 0.2) is 60.7 Å². The second kappa shape index (κ2) is 10.5. The second-order valence-electron chi connectivity index (χ2n) is 6.04. The molecule has 0 spiro atoms. The monoisotopic (exact) mass is 390 g/mol. The summed E-state index contributed by atoms with van der Waals surface area (Å²) in [5.74, 6) is -1.42. The van der Waals surface area contributed by atoms with Crippen molar-refractivity contribution in [2.24, 2.45) is 0 Å². The first-order valence-corrected chi connectivity index (χ1v) is 8.56. The lowest BCUT2D eigenvalue weighted by atomic mass is 10.0.